The van der Waals surface area contributed by atoms with Crippen molar-refractivity contribution in [2.24, 2.45) is 0 Å². The molecule has 1 unspecified atom stereocenters. The molecular weight excluding hydrogens is 380 g/mol. The second-order valence-electron chi connectivity index (χ2n) is 6.99. The van der Waals surface area contributed by atoms with Gasteiger partial charge in [0.15, 0.2) is 0 Å². The SMILES string of the molecule is CCCCNC(=O)C(CC)N(CCc1ccccc1)C(=O)CSc1ccccc1. The lowest BCUT2D eigenvalue weighted by molar-refractivity contribution is -0.138. The number of nitrogens with zero attached hydrogens (tertiary/aromatic N) is 1. The van der Waals surface area contributed by atoms with Gasteiger partial charge in [0.1, 0.15) is 6.04 Å². The molecule has 1 atom stereocenters. The van der Waals surface area contributed by atoms with Gasteiger partial charge in [0, 0.05) is 18.0 Å². The van der Waals surface area contributed by atoms with E-state index in [0.717, 1.165) is 24.2 Å². The lowest BCUT2D eigenvalue weighted by atomic mass is 10.1. The number of benzene rings is 2. The number of thioether (sulfide) groups is 1. The Balaban J connectivity index is 2.07. The predicted molar refractivity (Wildman–Crippen MR) is 121 cm³/mol. The first-order valence-corrected chi connectivity index (χ1v) is 11.4. The van der Waals surface area contributed by atoms with Crippen LogP contribution in [0.25, 0.3) is 0 Å². The third-order valence-electron chi connectivity index (χ3n) is 4.81. The number of unbranched alkanes of at least 4 members (excludes halogenated alkanes) is 1. The second-order valence-corrected chi connectivity index (χ2v) is 8.04. The highest BCUT2D eigenvalue weighted by Gasteiger charge is 2.27. The Bertz CT molecular complexity index is 737. The zero-order valence-corrected chi connectivity index (χ0v) is 18.3. The van der Waals surface area contributed by atoms with E-state index in [9.17, 15) is 9.59 Å². The van der Waals surface area contributed by atoms with E-state index in [-0.39, 0.29) is 11.8 Å². The Morgan fingerprint density at radius 3 is 2.28 bits per heavy atom. The monoisotopic (exact) mass is 412 g/mol. The van der Waals surface area contributed by atoms with Crippen molar-refractivity contribution < 1.29 is 9.59 Å². The predicted octanol–water partition coefficient (Wildman–Crippen LogP) is 4.54. The number of hydrogen-bond acceptors (Lipinski definition) is 3. The zero-order chi connectivity index (χ0) is 20.9. The van der Waals surface area contributed by atoms with Gasteiger partial charge < -0.3 is 10.2 Å². The summed E-state index contributed by atoms with van der Waals surface area (Å²) in [6.45, 7) is 5.26. The topological polar surface area (TPSA) is 49.4 Å². The molecule has 0 bridgehead atoms. The van der Waals surface area contributed by atoms with Crippen molar-refractivity contribution in [1.82, 2.24) is 10.2 Å². The third kappa shape index (κ3) is 7.94. The largest absolute Gasteiger partial charge is 0.354 e. The molecule has 0 aliphatic heterocycles. The first kappa shape index (κ1) is 23.0. The van der Waals surface area contributed by atoms with Gasteiger partial charge in [-0.2, -0.15) is 0 Å². The fourth-order valence-electron chi connectivity index (χ4n) is 3.15. The molecule has 4 nitrogen and oxygen atoms in total. The zero-order valence-electron chi connectivity index (χ0n) is 17.5. The molecule has 2 amide bonds. The number of hydrogen-bond donors (Lipinski definition) is 1. The average Bonchev–Trinajstić information content (AvgIpc) is 2.76. The minimum atomic E-state index is -0.431. The lowest BCUT2D eigenvalue weighted by Crippen LogP contribution is -2.50. The number of amides is 2. The number of rotatable bonds is 12. The van der Waals surface area contributed by atoms with Gasteiger partial charge in [0.05, 0.1) is 5.75 Å². The van der Waals surface area contributed by atoms with Crippen LogP contribution in [0.1, 0.15) is 38.7 Å². The fourth-order valence-corrected chi connectivity index (χ4v) is 3.95. The van der Waals surface area contributed by atoms with E-state index < -0.39 is 6.04 Å². The van der Waals surface area contributed by atoms with Crippen LogP contribution in [0, 0.1) is 0 Å². The number of carbonyl (C=O) groups excluding carboxylic acids is 2. The summed E-state index contributed by atoms with van der Waals surface area (Å²) in [6, 6.07) is 19.6. The molecule has 2 rings (SSSR count). The van der Waals surface area contributed by atoms with Crippen molar-refractivity contribution in [2.45, 2.75) is 50.5 Å². The molecule has 29 heavy (non-hydrogen) atoms. The Kier molecular flexibility index (Phi) is 10.4. The molecule has 0 saturated carbocycles. The van der Waals surface area contributed by atoms with Gasteiger partial charge in [0.2, 0.25) is 11.8 Å². The van der Waals surface area contributed by atoms with Gasteiger partial charge >= 0.3 is 0 Å². The van der Waals surface area contributed by atoms with Crippen molar-refractivity contribution >= 4 is 23.6 Å². The molecule has 0 aliphatic rings. The minimum Gasteiger partial charge on any atom is -0.354 e. The van der Waals surface area contributed by atoms with Gasteiger partial charge in [0.25, 0.3) is 0 Å². The molecule has 2 aromatic rings. The van der Waals surface area contributed by atoms with E-state index in [4.69, 9.17) is 0 Å². The Labute approximate surface area is 179 Å². The van der Waals surface area contributed by atoms with E-state index in [1.54, 1.807) is 4.90 Å². The summed E-state index contributed by atoms with van der Waals surface area (Å²) in [5.74, 6) is 0.289. The fraction of sp³-hybridized carbons (Fsp3) is 0.417. The smallest absolute Gasteiger partial charge is 0.242 e. The highest BCUT2D eigenvalue weighted by atomic mass is 32.2. The summed E-state index contributed by atoms with van der Waals surface area (Å²) in [5.41, 5.74) is 1.17. The molecule has 0 spiro atoms. The molecule has 0 aliphatic carbocycles. The maximum absolute atomic E-state index is 13.1. The van der Waals surface area contributed by atoms with Gasteiger partial charge in [-0.05, 0) is 37.0 Å². The summed E-state index contributed by atoms with van der Waals surface area (Å²) in [6.07, 6.45) is 3.32. The molecule has 0 fully saturated rings. The maximum atomic E-state index is 13.1. The quantitative estimate of drug-likeness (QED) is 0.411. The van der Waals surface area contributed by atoms with Crippen molar-refractivity contribution in [1.29, 1.82) is 0 Å². The Morgan fingerprint density at radius 2 is 1.66 bits per heavy atom. The standard InChI is InChI=1S/C24H32N2O2S/c1-3-5-17-25-24(28)22(4-2)26(18-16-20-12-8-6-9-13-20)23(27)19-29-21-14-10-7-11-15-21/h6-15,22H,3-5,16-19H2,1-2H3,(H,25,28). The number of nitrogens with one attached hydrogen (secondary N) is 1. The first-order valence-electron chi connectivity index (χ1n) is 10.4. The lowest BCUT2D eigenvalue weighted by Gasteiger charge is -2.30. The Hall–Kier alpha value is -2.27. The molecule has 0 saturated heterocycles. The van der Waals surface area contributed by atoms with Gasteiger partial charge in [-0.25, -0.2) is 0 Å². The normalized spacial score (nSPS) is 11.7. The average molecular weight is 413 g/mol. The van der Waals surface area contributed by atoms with Crippen LogP contribution >= 0.6 is 11.8 Å². The van der Waals surface area contributed by atoms with Crippen LogP contribution in [0.3, 0.4) is 0 Å². The van der Waals surface area contributed by atoms with Crippen molar-refractivity contribution in [3.63, 3.8) is 0 Å². The molecule has 0 radical (unpaired) electrons. The molecule has 1 N–H and O–H groups in total. The van der Waals surface area contributed by atoms with E-state index in [2.05, 4.69) is 24.4 Å². The highest BCUT2D eigenvalue weighted by molar-refractivity contribution is 8.00. The maximum Gasteiger partial charge on any atom is 0.242 e. The Morgan fingerprint density at radius 1 is 1.00 bits per heavy atom. The van der Waals surface area contributed by atoms with E-state index in [1.807, 2.05) is 55.5 Å². The van der Waals surface area contributed by atoms with Crippen LogP contribution in [-0.2, 0) is 16.0 Å². The van der Waals surface area contributed by atoms with Crippen LogP contribution in [0.5, 0.6) is 0 Å². The summed E-state index contributed by atoms with van der Waals surface area (Å²) in [4.78, 5) is 28.7. The van der Waals surface area contributed by atoms with Crippen molar-refractivity contribution in [3.05, 3.63) is 66.2 Å². The van der Waals surface area contributed by atoms with Gasteiger partial charge in [-0.1, -0.05) is 68.8 Å². The highest BCUT2D eigenvalue weighted by Crippen LogP contribution is 2.19. The van der Waals surface area contributed by atoms with Crippen LogP contribution in [0.4, 0.5) is 0 Å². The molecule has 2 aromatic carbocycles. The van der Waals surface area contributed by atoms with Crippen LogP contribution in [0.2, 0.25) is 0 Å². The summed E-state index contributed by atoms with van der Waals surface area (Å²) in [5, 5.41) is 3.00. The summed E-state index contributed by atoms with van der Waals surface area (Å²) < 4.78 is 0. The van der Waals surface area contributed by atoms with Crippen molar-refractivity contribution in [2.75, 3.05) is 18.8 Å². The van der Waals surface area contributed by atoms with Crippen LogP contribution < -0.4 is 5.32 Å². The van der Waals surface area contributed by atoms with E-state index in [1.165, 1.54) is 17.3 Å². The van der Waals surface area contributed by atoms with Gasteiger partial charge in [-0.3, -0.25) is 9.59 Å². The summed E-state index contributed by atoms with van der Waals surface area (Å²) in [7, 11) is 0. The van der Waals surface area contributed by atoms with Crippen molar-refractivity contribution in [3.8, 4) is 0 Å². The van der Waals surface area contributed by atoms with Gasteiger partial charge in [-0.15, -0.1) is 11.8 Å². The minimum absolute atomic E-state index is 0.00674. The molecule has 0 heterocycles. The van der Waals surface area contributed by atoms with E-state index >= 15 is 0 Å². The molecule has 156 valence electrons. The second kappa shape index (κ2) is 13.0. The summed E-state index contributed by atoms with van der Waals surface area (Å²) >= 11 is 1.52. The molecule has 5 heteroatoms. The van der Waals surface area contributed by atoms with E-state index in [0.29, 0.717) is 25.3 Å². The molecule has 0 aromatic heterocycles. The first-order chi connectivity index (χ1) is 14.2. The number of carbonyl (C=O) groups is 2. The van der Waals surface area contributed by atoms with Crippen LogP contribution in [-0.4, -0.2) is 41.6 Å². The van der Waals surface area contributed by atoms with Crippen LogP contribution in [0.15, 0.2) is 65.6 Å². The molecular formula is C24H32N2O2S. The third-order valence-corrected chi connectivity index (χ3v) is 5.80.